The fraction of sp³-hybridized carbons (Fsp3) is 0.0164. The molecule has 0 saturated carbocycles. The SMILES string of the molecule is [2H]c1c([2H])c([2H])c(C2(c3ccc4c(c3)sc3ccccc34)c3ccc(N(c4ccccc4)c4ccccc4)cc3-c3cc(N(c4ccccc4)c4ccc(-c5ccccc5)cc4)ccc32)c([2H])c1[2H]. The third-order valence-electron chi connectivity index (χ3n) is 12.6. The highest BCUT2D eigenvalue weighted by atomic mass is 32.1. The third-order valence-corrected chi connectivity index (χ3v) is 13.7. The summed E-state index contributed by atoms with van der Waals surface area (Å²) in [5, 5.41) is 2.26. The fourth-order valence-electron chi connectivity index (χ4n) is 9.77. The summed E-state index contributed by atoms with van der Waals surface area (Å²) in [6.07, 6.45) is 0. The summed E-state index contributed by atoms with van der Waals surface area (Å²) in [7, 11) is 0. The second-order valence-electron chi connectivity index (χ2n) is 16.1. The lowest BCUT2D eigenvalue weighted by atomic mass is 9.67. The number of thiophene rings is 1. The summed E-state index contributed by atoms with van der Waals surface area (Å²) in [5.74, 6) is 0. The first-order valence-corrected chi connectivity index (χ1v) is 22.3. The van der Waals surface area contributed by atoms with Crippen molar-refractivity contribution in [3.05, 3.63) is 277 Å². The van der Waals surface area contributed by atoms with Crippen LogP contribution in [0.25, 0.3) is 42.4 Å². The molecule has 1 unspecified atom stereocenters. The van der Waals surface area contributed by atoms with Gasteiger partial charge in [0.2, 0.25) is 0 Å². The number of rotatable bonds is 9. The van der Waals surface area contributed by atoms with Crippen LogP contribution >= 0.6 is 11.3 Å². The van der Waals surface area contributed by atoms with E-state index in [2.05, 4.69) is 174 Å². The van der Waals surface area contributed by atoms with Gasteiger partial charge in [-0.25, -0.2) is 0 Å². The van der Waals surface area contributed by atoms with Crippen molar-refractivity contribution < 1.29 is 6.85 Å². The predicted molar refractivity (Wildman–Crippen MR) is 271 cm³/mol. The van der Waals surface area contributed by atoms with Gasteiger partial charge < -0.3 is 9.80 Å². The first-order chi connectivity index (χ1) is 33.8. The molecule has 0 amide bonds. The molecule has 1 aromatic heterocycles. The van der Waals surface area contributed by atoms with Gasteiger partial charge in [-0.1, -0.05) is 170 Å². The lowest BCUT2D eigenvalue weighted by molar-refractivity contribution is 0.770. The largest absolute Gasteiger partial charge is 0.310 e. The molecule has 0 fully saturated rings. The highest BCUT2D eigenvalue weighted by molar-refractivity contribution is 7.25. The van der Waals surface area contributed by atoms with Crippen LogP contribution in [-0.4, -0.2) is 0 Å². The maximum Gasteiger partial charge on any atom is 0.0714 e. The maximum atomic E-state index is 9.77. The van der Waals surface area contributed by atoms with Crippen molar-refractivity contribution >= 4 is 65.6 Å². The second kappa shape index (κ2) is 15.7. The third kappa shape index (κ3) is 6.24. The normalized spacial score (nSPS) is 15.1. The minimum atomic E-state index is -1.33. The number of fused-ring (bicyclic) bond motifs is 6. The van der Waals surface area contributed by atoms with Gasteiger partial charge in [0.05, 0.1) is 12.3 Å². The molecular weight excluding hydrogens is 793 g/mol. The number of para-hydroxylation sites is 3. The van der Waals surface area contributed by atoms with E-state index in [0.29, 0.717) is 0 Å². The zero-order chi connectivity index (χ0) is 46.8. The van der Waals surface area contributed by atoms with Crippen molar-refractivity contribution in [2.75, 3.05) is 9.80 Å². The number of nitrogens with zero attached hydrogens (tertiary/aromatic N) is 2. The van der Waals surface area contributed by atoms with Gasteiger partial charge in [-0.05, 0) is 129 Å². The fourth-order valence-corrected chi connectivity index (χ4v) is 10.9. The van der Waals surface area contributed by atoms with Crippen LogP contribution in [0.1, 0.15) is 29.1 Å². The summed E-state index contributed by atoms with van der Waals surface area (Å²) in [6, 6.07) is 76.0. The number of benzene rings is 10. The Balaban J connectivity index is 1.17. The molecule has 0 aliphatic heterocycles. The smallest absolute Gasteiger partial charge is 0.0714 e. The lowest BCUT2D eigenvalue weighted by Crippen LogP contribution is -2.28. The van der Waals surface area contributed by atoms with Crippen LogP contribution in [0, 0.1) is 0 Å². The molecule has 1 heterocycles. The molecular formula is C61H42N2S. The molecule has 1 atom stereocenters. The van der Waals surface area contributed by atoms with E-state index in [1.807, 2.05) is 60.7 Å². The zero-order valence-electron chi connectivity index (χ0n) is 39.7. The molecule has 0 spiro atoms. The zero-order valence-corrected chi connectivity index (χ0v) is 35.5. The monoisotopic (exact) mass is 839 g/mol. The van der Waals surface area contributed by atoms with Crippen LogP contribution in [0.5, 0.6) is 0 Å². The molecule has 64 heavy (non-hydrogen) atoms. The first-order valence-electron chi connectivity index (χ1n) is 24.0. The summed E-state index contributed by atoms with van der Waals surface area (Å²) < 4.78 is 48.8. The van der Waals surface area contributed by atoms with E-state index in [-0.39, 0.29) is 29.7 Å². The summed E-state index contributed by atoms with van der Waals surface area (Å²) >= 11 is 1.70. The van der Waals surface area contributed by atoms with Crippen LogP contribution in [-0.2, 0) is 5.41 Å². The number of hydrogen-bond donors (Lipinski definition) is 0. The first kappa shape index (κ1) is 32.7. The van der Waals surface area contributed by atoms with Gasteiger partial charge in [0.25, 0.3) is 0 Å². The minimum Gasteiger partial charge on any atom is -0.310 e. The van der Waals surface area contributed by atoms with E-state index in [1.165, 1.54) is 0 Å². The van der Waals surface area contributed by atoms with Gasteiger partial charge in [-0.2, -0.15) is 0 Å². The van der Waals surface area contributed by atoms with Gasteiger partial charge in [-0.3, -0.25) is 0 Å². The lowest BCUT2D eigenvalue weighted by Gasteiger charge is -2.34. The van der Waals surface area contributed by atoms with Crippen LogP contribution in [0.3, 0.4) is 0 Å². The Hall–Kier alpha value is -7.98. The van der Waals surface area contributed by atoms with Gasteiger partial charge in [0.15, 0.2) is 0 Å². The molecule has 302 valence electrons. The number of hydrogen-bond acceptors (Lipinski definition) is 3. The molecule has 0 radical (unpaired) electrons. The van der Waals surface area contributed by atoms with E-state index in [0.717, 1.165) is 93.2 Å². The van der Waals surface area contributed by atoms with Crippen LogP contribution in [0.4, 0.5) is 34.1 Å². The molecule has 11 aromatic rings. The van der Waals surface area contributed by atoms with E-state index in [4.69, 9.17) is 4.11 Å². The van der Waals surface area contributed by atoms with E-state index in [9.17, 15) is 2.74 Å². The van der Waals surface area contributed by atoms with E-state index >= 15 is 0 Å². The maximum absolute atomic E-state index is 9.77. The van der Waals surface area contributed by atoms with Crippen LogP contribution < -0.4 is 9.80 Å². The summed E-state index contributed by atoms with van der Waals surface area (Å²) in [6.45, 7) is 0. The molecule has 0 N–H and O–H groups in total. The van der Waals surface area contributed by atoms with Crippen molar-refractivity contribution in [2.24, 2.45) is 0 Å². The second-order valence-corrected chi connectivity index (χ2v) is 17.2. The molecule has 10 aromatic carbocycles. The Labute approximate surface area is 385 Å². The van der Waals surface area contributed by atoms with Gasteiger partial charge in [0.1, 0.15) is 0 Å². The quantitative estimate of drug-likeness (QED) is 0.143. The Morgan fingerprint density at radius 2 is 0.797 bits per heavy atom. The average molecular weight is 840 g/mol. The topological polar surface area (TPSA) is 6.48 Å². The Morgan fingerprint density at radius 1 is 0.344 bits per heavy atom. The molecule has 0 bridgehead atoms. The van der Waals surface area contributed by atoms with Crippen molar-refractivity contribution in [2.45, 2.75) is 5.41 Å². The number of anilines is 6. The van der Waals surface area contributed by atoms with Crippen molar-refractivity contribution in [3.8, 4) is 22.3 Å². The highest BCUT2D eigenvalue weighted by Crippen LogP contribution is 2.59. The molecule has 12 rings (SSSR count). The van der Waals surface area contributed by atoms with Crippen LogP contribution in [0.15, 0.2) is 255 Å². The molecule has 1 aliphatic rings. The molecule has 3 heteroatoms. The summed E-state index contributed by atoms with van der Waals surface area (Å²) in [4.78, 5) is 4.49. The summed E-state index contributed by atoms with van der Waals surface area (Å²) in [5.41, 5.74) is 11.1. The Bertz CT molecular complexity index is 3660. The highest BCUT2D eigenvalue weighted by Gasteiger charge is 2.47. The van der Waals surface area contributed by atoms with Gasteiger partial charge in [0, 0.05) is 54.3 Å². The predicted octanol–water partition coefficient (Wildman–Crippen LogP) is 17.0. The van der Waals surface area contributed by atoms with E-state index < -0.39 is 11.5 Å². The van der Waals surface area contributed by atoms with Gasteiger partial charge >= 0.3 is 0 Å². The average Bonchev–Trinajstić information content (AvgIpc) is 3.92. The van der Waals surface area contributed by atoms with Crippen molar-refractivity contribution in [1.82, 2.24) is 0 Å². The van der Waals surface area contributed by atoms with Crippen molar-refractivity contribution in [1.29, 1.82) is 0 Å². The molecule has 2 nitrogen and oxygen atoms in total. The van der Waals surface area contributed by atoms with Crippen molar-refractivity contribution in [3.63, 3.8) is 0 Å². The minimum absolute atomic E-state index is 0.217. The van der Waals surface area contributed by atoms with Crippen LogP contribution in [0.2, 0.25) is 0 Å². The van der Waals surface area contributed by atoms with Gasteiger partial charge in [-0.15, -0.1) is 11.3 Å². The molecule has 1 aliphatic carbocycles. The standard InChI is InChI=1S/C61H42N2S/c1-6-18-43(19-7-1)44-30-33-50(34-31-44)63(49-26-14-5-15-27-49)52-36-39-58-56(42-52)55-41-51(62(47-22-10-3-11-23-47)48-24-12-4-13-25-48)35-38-57(55)61(58,45-20-8-2-9-21-45)46-32-37-54-53-28-16-17-29-59(53)64-60(54)40-46/h1-42H/i2D,8D,9D,20D,21D. The van der Waals surface area contributed by atoms with E-state index in [1.54, 1.807) is 11.3 Å². The molecule has 0 saturated heterocycles. The Morgan fingerprint density at radius 3 is 1.36 bits per heavy atom. The Kier molecular flexibility index (Phi) is 8.04.